The number of hydrogen-bond acceptors (Lipinski definition) is 4. The Hall–Kier alpha value is -1.72. The van der Waals surface area contributed by atoms with Crippen LogP contribution < -0.4 is 0 Å². The average molecular weight is 290 g/mol. The Balaban J connectivity index is 1.58. The highest BCUT2D eigenvalue weighted by Gasteiger charge is 2.21. The molecule has 0 radical (unpaired) electrons. The molecule has 0 unspecified atom stereocenters. The van der Waals surface area contributed by atoms with Gasteiger partial charge in [-0.3, -0.25) is 4.90 Å². The summed E-state index contributed by atoms with van der Waals surface area (Å²) in [6, 6.07) is 6.71. The number of benzene rings is 1. The minimum absolute atomic E-state index is 0.0912. The summed E-state index contributed by atoms with van der Waals surface area (Å²) in [6.45, 7) is 5.00. The maximum atomic E-state index is 13.2. The molecule has 3 rings (SSSR count). The summed E-state index contributed by atoms with van der Waals surface area (Å²) in [7, 11) is 0. The van der Waals surface area contributed by atoms with Gasteiger partial charge in [0.1, 0.15) is 12.1 Å². The van der Waals surface area contributed by atoms with E-state index in [1.165, 1.54) is 6.07 Å². The van der Waals surface area contributed by atoms with E-state index in [1.807, 2.05) is 13.0 Å². The summed E-state index contributed by atoms with van der Waals surface area (Å²) in [6.07, 6.45) is 2.52. The number of halogens is 1. The van der Waals surface area contributed by atoms with E-state index >= 15 is 0 Å². The molecule has 0 saturated carbocycles. The second-order valence-electron chi connectivity index (χ2n) is 5.42. The van der Waals surface area contributed by atoms with Gasteiger partial charge in [-0.1, -0.05) is 12.1 Å². The molecular weight excluding hydrogens is 271 g/mol. The minimum atomic E-state index is -0.196. The third-order valence-corrected chi connectivity index (χ3v) is 3.63. The molecule has 0 aliphatic carbocycles. The van der Waals surface area contributed by atoms with Gasteiger partial charge in [-0.25, -0.2) is 9.37 Å². The smallest absolute Gasteiger partial charge is 0.191 e. The highest BCUT2D eigenvalue weighted by atomic mass is 19.1. The van der Waals surface area contributed by atoms with E-state index in [4.69, 9.17) is 9.15 Å². The van der Waals surface area contributed by atoms with Gasteiger partial charge in [0, 0.05) is 26.6 Å². The van der Waals surface area contributed by atoms with Crippen molar-refractivity contribution < 1.29 is 13.5 Å². The van der Waals surface area contributed by atoms with Gasteiger partial charge >= 0.3 is 0 Å². The lowest BCUT2D eigenvalue weighted by Gasteiger charge is -2.32. The molecule has 1 aliphatic rings. The van der Waals surface area contributed by atoms with E-state index in [0.717, 1.165) is 37.3 Å². The molecular formula is C16H19FN2O2. The number of aryl methyl sites for hydroxylation is 1. The lowest BCUT2D eigenvalue weighted by Crippen LogP contribution is -2.42. The fourth-order valence-corrected chi connectivity index (χ4v) is 2.68. The number of ether oxygens (including phenoxy) is 1. The number of aromatic nitrogens is 1. The van der Waals surface area contributed by atoms with Crippen LogP contribution in [0.1, 0.15) is 17.1 Å². The monoisotopic (exact) mass is 290 g/mol. The van der Waals surface area contributed by atoms with Crippen LogP contribution in [0.25, 0.3) is 0 Å². The van der Waals surface area contributed by atoms with Crippen LogP contribution in [0.2, 0.25) is 0 Å². The maximum absolute atomic E-state index is 13.2. The van der Waals surface area contributed by atoms with Crippen molar-refractivity contribution in [3.63, 3.8) is 0 Å². The minimum Gasteiger partial charge on any atom is -0.449 e. The van der Waals surface area contributed by atoms with Crippen LogP contribution in [0.3, 0.4) is 0 Å². The zero-order valence-corrected chi connectivity index (χ0v) is 12.1. The molecule has 0 amide bonds. The molecule has 1 aromatic heterocycles. The molecule has 2 heterocycles. The Labute approximate surface area is 123 Å². The van der Waals surface area contributed by atoms with Gasteiger partial charge in [0.05, 0.1) is 18.4 Å². The Morgan fingerprint density at radius 1 is 1.43 bits per heavy atom. The molecule has 1 saturated heterocycles. The molecule has 112 valence electrons. The van der Waals surface area contributed by atoms with E-state index in [0.29, 0.717) is 12.5 Å². The highest BCUT2D eigenvalue weighted by Crippen LogP contribution is 2.15. The van der Waals surface area contributed by atoms with Crippen molar-refractivity contribution in [1.29, 1.82) is 0 Å². The number of morpholine rings is 1. The van der Waals surface area contributed by atoms with Crippen LogP contribution in [-0.2, 0) is 17.7 Å². The fraction of sp³-hybridized carbons (Fsp3) is 0.438. The fourth-order valence-electron chi connectivity index (χ4n) is 2.68. The van der Waals surface area contributed by atoms with E-state index in [2.05, 4.69) is 9.88 Å². The Morgan fingerprint density at radius 2 is 2.33 bits per heavy atom. The second kappa shape index (κ2) is 6.37. The van der Waals surface area contributed by atoms with Gasteiger partial charge in [0.2, 0.25) is 0 Å². The van der Waals surface area contributed by atoms with Crippen LogP contribution in [0, 0.1) is 12.7 Å². The average Bonchev–Trinajstić information content (AvgIpc) is 2.84. The third-order valence-electron chi connectivity index (χ3n) is 3.63. The molecule has 5 heteroatoms. The van der Waals surface area contributed by atoms with Crippen LogP contribution in [0.15, 0.2) is 34.9 Å². The van der Waals surface area contributed by atoms with Gasteiger partial charge in [-0.2, -0.15) is 0 Å². The first-order valence-electron chi connectivity index (χ1n) is 7.18. The first kappa shape index (κ1) is 14.2. The second-order valence-corrected chi connectivity index (χ2v) is 5.42. The zero-order chi connectivity index (χ0) is 14.7. The van der Waals surface area contributed by atoms with Gasteiger partial charge in [0.25, 0.3) is 0 Å². The van der Waals surface area contributed by atoms with Gasteiger partial charge in [-0.15, -0.1) is 0 Å². The molecule has 2 aromatic rings. The molecule has 0 bridgehead atoms. The maximum Gasteiger partial charge on any atom is 0.191 e. The van der Waals surface area contributed by atoms with E-state index in [1.54, 1.807) is 18.4 Å². The largest absolute Gasteiger partial charge is 0.449 e. The number of nitrogens with zero attached hydrogens (tertiary/aromatic N) is 2. The van der Waals surface area contributed by atoms with Crippen LogP contribution in [0.4, 0.5) is 4.39 Å². The van der Waals surface area contributed by atoms with Crippen molar-refractivity contribution in [2.75, 3.05) is 19.7 Å². The third kappa shape index (κ3) is 3.89. The van der Waals surface area contributed by atoms with Crippen molar-refractivity contribution >= 4 is 0 Å². The van der Waals surface area contributed by atoms with Gasteiger partial charge in [0.15, 0.2) is 5.89 Å². The summed E-state index contributed by atoms with van der Waals surface area (Å²) < 4.78 is 24.2. The van der Waals surface area contributed by atoms with Crippen molar-refractivity contribution in [3.8, 4) is 0 Å². The molecule has 1 aromatic carbocycles. The molecule has 0 N–H and O–H groups in total. The summed E-state index contributed by atoms with van der Waals surface area (Å²) in [5.41, 5.74) is 1.91. The quantitative estimate of drug-likeness (QED) is 0.867. The predicted octanol–water partition coefficient (Wildman–Crippen LogP) is 2.57. The lowest BCUT2D eigenvalue weighted by molar-refractivity contribution is -0.0308. The summed E-state index contributed by atoms with van der Waals surface area (Å²) >= 11 is 0. The van der Waals surface area contributed by atoms with Crippen LogP contribution in [-0.4, -0.2) is 35.7 Å². The van der Waals surface area contributed by atoms with Crippen LogP contribution >= 0.6 is 0 Å². The van der Waals surface area contributed by atoms with Crippen molar-refractivity contribution in [1.82, 2.24) is 9.88 Å². The SMILES string of the molecule is Cc1nc(CN2CCO[C@H](Cc3cccc(F)c3)C2)co1. The first-order valence-corrected chi connectivity index (χ1v) is 7.18. The zero-order valence-electron chi connectivity index (χ0n) is 12.1. The summed E-state index contributed by atoms with van der Waals surface area (Å²) in [4.78, 5) is 6.62. The Kier molecular flexibility index (Phi) is 4.31. The van der Waals surface area contributed by atoms with Crippen molar-refractivity contribution in [2.24, 2.45) is 0 Å². The van der Waals surface area contributed by atoms with Crippen molar-refractivity contribution in [2.45, 2.75) is 26.0 Å². The number of oxazole rings is 1. The molecule has 1 aliphatic heterocycles. The normalized spacial score (nSPS) is 19.8. The number of hydrogen-bond donors (Lipinski definition) is 0. The highest BCUT2D eigenvalue weighted by molar-refractivity contribution is 5.17. The predicted molar refractivity (Wildman–Crippen MR) is 76.4 cm³/mol. The molecule has 1 fully saturated rings. The Morgan fingerprint density at radius 3 is 3.10 bits per heavy atom. The van der Waals surface area contributed by atoms with Crippen molar-refractivity contribution in [3.05, 3.63) is 53.5 Å². The van der Waals surface area contributed by atoms with E-state index in [-0.39, 0.29) is 11.9 Å². The Bertz CT molecular complexity index is 599. The number of rotatable bonds is 4. The van der Waals surface area contributed by atoms with E-state index in [9.17, 15) is 4.39 Å². The summed E-state index contributed by atoms with van der Waals surface area (Å²) in [5, 5.41) is 0. The van der Waals surface area contributed by atoms with Crippen LogP contribution in [0.5, 0.6) is 0 Å². The standard InChI is InChI=1S/C16H19FN2O2/c1-12-18-15(11-21-12)9-19-5-6-20-16(10-19)8-13-3-2-4-14(17)7-13/h2-4,7,11,16H,5-6,8-10H2,1H3/t16-/m1/s1. The van der Waals surface area contributed by atoms with Gasteiger partial charge < -0.3 is 9.15 Å². The molecule has 1 atom stereocenters. The lowest BCUT2D eigenvalue weighted by atomic mass is 10.1. The molecule has 4 nitrogen and oxygen atoms in total. The summed E-state index contributed by atoms with van der Waals surface area (Å²) in [5.74, 6) is 0.493. The molecule has 0 spiro atoms. The van der Waals surface area contributed by atoms with Gasteiger partial charge in [-0.05, 0) is 24.1 Å². The first-order chi connectivity index (χ1) is 10.2. The topological polar surface area (TPSA) is 38.5 Å². The molecule has 21 heavy (non-hydrogen) atoms. The van der Waals surface area contributed by atoms with E-state index < -0.39 is 0 Å².